The predicted molar refractivity (Wildman–Crippen MR) is 626 cm³/mol. The number of unbranched alkanes of at least 4 members (excludes halogenated alkanes) is 68. The van der Waals surface area contributed by atoms with Gasteiger partial charge in [0.2, 0.25) is 12.6 Å². The first-order chi connectivity index (χ1) is 72.6. The number of allylic oxidation sites excluding steroid dienone is 2. The van der Waals surface area contributed by atoms with Crippen LogP contribution in [0.5, 0.6) is 0 Å². The van der Waals surface area contributed by atoms with Gasteiger partial charge in [-0.15, -0.1) is 0 Å². The Morgan fingerprint density at radius 2 is 0.527 bits per heavy atom. The Bertz CT molecular complexity index is 3180. The smallest absolute Gasteiger partial charge is 0.333 e. The van der Waals surface area contributed by atoms with E-state index in [-0.39, 0.29) is 47.5 Å². The summed E-state index contributed by atoms with van der Waals surface area (Å²) in [7, 11) is 0. The number of ether oxygens (including phenoxy) is 8. The van der Waals surface area contributed by atoms with Crippen molar-refractivity contribution in [2.45, 2.75) is 718 Å². The van der Waals surface area contributed by atoms with Gasteiger partial charge in [-0.05, 0) is 107 Å². The topological polar surface area (TPSA) is 260 Å². The van der Waals surface area contributed by atoms with Crippen LogP contribution in [0.1, 0.15) is 644 Å². The van der Waals surface area contributed by atoms with Crippen molar-refractivity contribution in [1.82, 2.24) is 0 Å². The molecule has 18 heteroatoms. The van der Waals surface area contributed by atoms with Crippen LogP contribution in [0.25, 0.3) is 0 Å². The quantitative estimate of drug-likeness (QED) is 0.0164. The van der Waals surface area contributed by atoms with Crippen LogP contribution in [-0.2, 0) is 61.9 Å². The molecule has 0 amide bonds. The summed E-state index contributed by atoms with van der Waals surface area (Å²) in [6.07, 6.45) is 81.5. The molecule has 0 spiro atoms. The van der Waals surface area contributed by atoms with E-state index in [0.29, 0.717) is 43.1 Å². The third-order valence-electron chi connectivity index (χ3n) is 33.5. The molecule has 0 radical (unpaired) electrons. The lowest BCUT2D eigenvalue weighted by atomic mass is 9.85. The number of esters is 5. The van der Waals surface area contributed by atoms with E-state index >= 15 is 9.59 Å². The lowest BCUT2D eigenvalue weighted by Crippen LogP contribution is -2.66. The highest BCUT2D eigenvalue weighted by atomic mass is 16.8. The van der Waals surface area contributed by atoms with Crippen molar-refractivity contribution in [2.75, 3.05) is 13.2 Å². The summed E-state index contributed by atoms with van der Waals surface area (Å²) < 4.78 is 52.1. The Hall–Kier alpha value is -3.49. The highest BCUT2D eigenvalue weighted by Gasteiger charge is 2.57. The van der Waals surface area contributed by atoms with E-state index in [9.17, 15) is 39.9 Å². The van der Waals surface area contributed by atoms with E-state index in [1.165, 1.54) is 392 Å². The summed E-state index contributed by atoms with van der Waals surface area (Å²) in [6.45, 7) is 33.2. The van der Waals surface area contributed by atoms with Crippen molar-refractivity contribution in [3.05, 3.63) is 23.3 Å². The lowest BCUT2D eigenvalue weighted by molar-refractivity contribution is -0.377. The molecule has 150 heavy (non-hydrogen) atoms. The van der Waals surface area contributed by atoms with Crippen LogP contribution in [0, 0.1) is 59.2 Å². The van der Waals surface area contributed by atoms with Gasteiger partial charge in [0.25, 0.3) is 0 Å². The molecule has 0 saturated carbocycles. The third kappa shape index (κ3) is 72.6. The zero-order valence-corrected chi connectivity index (χ0v) is 101. The maximum absolute atomic E-state index is 15.2. The average Bonchev–Trinajstić information content (AvgIpc) is 0.767. The lowest BCUT2D eigenvalue weighted by Gasteiger charge is -2.47. The van der Waals surface area contributed by atoms with Crippen LogP contribution in [0.15, 0.2) is 23.3 Å². The molecular weight excluding hydrogens is 1870 g/mol. The number of aliphatic hydroxyl groups excluding tert-OH is 5. The molecule has 884 valence electrons. The maximum atomic E-state index is 15.2. The SMILES string of the molecule is CCCCCCCCCCCCCCCCCC[C@H](C)C[C@H](C)[C@H](O)[C@H](C)C(=O)OC1[C@H](O)C(COC(=O)/C(C)=C/[C@@H](C)C[C@@H](C)CCCCCCCCCCCCCCCC)O[C@H](O[C@H]2OC(CO)[C@@H](OC(=O)/C(C)=C/[C@@H](C)C[C@@H](C)CCCCCCCCCCCCCCCC)C(O)[C@@H]2OC(=O)[C@@H](C)[C@@H](O)[C@@H](C)C[C@@H](C)CCCCCCCCCCCCCCCCCC)[C@@H]1OC(=O)CCCCCCCCCCCCCCC. The molecule has 0 bridgehead atoms. The number of carbonyl (C=O) groups excluding carboxylic acids is 5. The Morgan fingerprint density at radius 3 is 0.813 bits per heavy atom. The van der Waals surface area contributed by atoms with Gasteiger partial charge in [-0.3, -0.25) is 14.4 Å². The van der Waals surface area contributed by atoms with Gasteiger partial charge in [0.1, 0.15) is 31.0 Å². The largest absolute Gasteiger partial charge is 0.459 e. The summed E-state index contributed by atoms with van der Waals surface area (Å²) in [5, 5.41) is 62.2. The molecule has 2 heterocycles. The van der Waals surface area contributed by atoms with Gasteiger partial charge in [0.15, 0.2) is 24.4 Å². The molecule has 4 unspecified atom stereocenters. The molecule has 0 aromatic rings. The number of carbonyl (C=O) groups is 5. The van der Waals surface area contributed by atoms with Crippen molar-refractivity contribution >= 4 is 29.8 Å². The first kappa shape index (κ1) is 143. The minimum absolute atomic E-state index is 0.0104. The molecule has 2 rings (SSSR count). The fraction of sp³-hybridized carbons (Fsp3) is 0.932. The average molecular weight is 2120 g/mol. The highest BCUT2D eigenvalue weighted by Crippen LogP contribution is 2.38. The van der Waals surface area contributed by atoms with Crippen LogP contribution in [0.3, 0.4) is 0 Å². The van der Waals surface area contributed by atoms with E-state index in [0.717, 1.165) is 103 Å². The second-order valence-corrected chi connectivity index (χ2v) is 49.1. The minimum Gasteiger partial charge on any atom is -0.459 e. The monoisotopic (exact) mass is 2120 g/mol. The molecule has 2 saturated heterocycles. The van der Waals surface area contributed by atoms with Crippen LogP contribution in [-0.4, -0.2) is 142 Å². The van der Waals surface area contributed by atoms with Crippen LogP contribution in [0.2, 0.25) is 0 Å². The van der Waals surface area contributed by atoms with Crippen molar-refractivity contribution in [3.63, 3.8) is 0 Å². The van der Waals surface area contributed by atoms with Gasteiger partial charge in [-0.2, -0.15) is 0 Å². The number of aliphatic hydroxyl groups is 5. The fourth-order valence-corrected chi connectivity index (χ4v) is 23.6. The number of rotatable bonds is 105. The van der Waals surface area contributed by atoms with Crippen molar-refractivity contribution in [2.24, 2.45) is 59.2 Å². The summed E-state index contributed by atoms with van der Waals surface area (Å²) in [5.74, 6) is -6.00. The maximum Gasteiger partial charge on any atom is 0.333 e. The fourth-order valence-electron chi connectivity index (χ4n) is 23.6. The summed E-state index contributed by atoms with van der Waals surface area (Å²) in [6, 6.07) is 0. The predicted octanol–water partition coefficient (Wildman–Crippen LogP) is 36.4. The first-order valence-electron chi connectivity index (χ1n) is 65.2. The molecule has 0 aliphatic carbocycles. The first-order valence-corrected chi connectivity index (χ1v) is 65.2. The van der Waals surface area contributed by atoms with E-state index in [4.69, 9.17) is 37.9 Å². The normalized spacial score (nSPS) is 20.7. The molecule has 18 nitrogen and oxygen atoms in total. The van der Waals surface area contributed by atoms with Gasteiger partial charge >= 0.3 is 29.8 Å². The Balaban J connectivity index is 2.72. The molecule has 5 N–H and O–H groups in total. The summed E-state index contributed by atoms with van der Waals surface area (Å²) in [5.41, 5.74) is 0.589. The van der Waals surface area contributed by atoms with E-state index in [2.05, 4.69) is 76.2 Å². The molecular formula is C132H248O18. The van der Waals surface area contributed by atoms with Crippen molar-refractivity contribution < 1.29 is 87.4 Å². The molecule has 0 aromatic carbocycles. The summed E-state index contributed by atoms with van der Waals surface area (Å²) >= 11 is 0. The molecule has 2 aliphatic rings. The molecule has 0 aromatic heterocycles. The van der Waals surface area contributed by atoms with Gasteiger partial charge in [-0.25, -0.2) is 9.59 Å². The van der Waals surface area contributed by atoms with E-state index < -0.39 is 129 Å². The number of hydrogen-bond donors (Lipinski definition) is 5. The second kappa shape index (κ2) is 96.4. The zero-order valence-electron chi connectivity index (χ0n) is 101. The number of hydrogen-bond acceptors (Lipinski definition) is 18. The molecule has 2 fully saturated rings. The van der Waals surface area contributed by atoms with Crippen molar-refractivity contribution in [1.29, 1.82) is 0 Å². The summed E-state index contributed by atoms with van der Waals surface area (Å²) in [4.78, 5) is 74.5. The van der Waals surface area contributed by atoms with Crippen LogP contribution in [0.4, 0.5) is 0 Å². The van der Waals surface area contributed by atoms with Gasteiger partial charge in [0, 0.05) is 17.6 Å². The van der Waals surface area contributed by atoms with Gasteiger partial charge in [-0.1, -0.05) is 590 Å². The minimum atomic E-state index is -2.01. The standard InChI is InChI=1S/C132H248O18/c1-18-23-28-33-38-43-48-53-57-59-64-68-73-78-83-88-93-106(8)98-110(12)119(135)114(16)129(141)148-124-121(137)117(103-143-127(139)112(14)100-108(10)96-104(6)91-86-81-76-71-66-62-55-50-45-40-35-30-25-20-3)145-132(126(124)146-118(134)95-90-85-80-75-70-61-52-47-42-37-32-27-22-5)150-131-125(149-130(142)115(17)120(136)111(13)99-107(9)94-89-84-79-74-69-65-60-58-54-49-44-39-34-29-24-19-2)122(138)123(116(102-133)144-131)147-128(140)113(15)101-109(11)97-105(7)92-87-82-77-72-67-63-56-51-46-41-36-31-26-21-4/h100-101,104-111,114-117,119-126,131-133,135-138H,18-99,102-103H2,1-17H3/b112-100+,113-101+/t104-,105-,106-,107-,108-,109-,110-,111-,114-,115-,116?,117?,119-,120-,121+,122?,123+,124?,125-,126+,131+,132+/m0/s1. The van der Waals surface area contributed by atoms with E-state index in [1.807, 2.05) is 26.0 Å². The van der Waals surface area contributed by atoms with Crippen LogP contribution < -0.4 is 0 Å². The Morgan fingerprint density at radius 1 is 0.280 bits per heavy atom. The van der Waals surface area contributed by atoms with Crippen LogP contribution >= 0.6 is 0 Å². The zero-order chi connectivity index (χ0) is 110. The van der Waals surface area contributed by atoms with Crippen molar-refractivity contribution in [3.8, 4) is 0 Å². The van der Waals surface area contributed by atoms with Gasteiger partial charge < -0.3 is 63.4 Å². The second-order valence-electron chi connectivity index (χ2n) is 49.1. The van der Waals surface area contributed by atoms with Gasteiger partial charge in [0.05, 0.1) is 30.7 Å². The van der Waals surface area contributed by atoms with E-state index in [1.54, 1.807) is 27.7 Å². The Kier molecular flexibility index (Phi) is 91.7. The molecule has 22 atom stereocenters. The third-order valence-corrected chi connectivity index (χ3v) is 33.5. The Labute approximate surface area is 925 Å². The molecule has 2 aliphatic heterocycles. The highest BCUT2D eigenvalue weighted by molar-refractivity contribution is 5.88.